The van der Waals surface area contributed by atoms with Crippen LogP contribution < -0.4 is 21.7 Å². The molecule has 6 N–H and O–H groups in total. The Morgan fingerprint density at radius 2 is 2.00 bits per heavy atom. The normalized spacial score (nSPS) is 29.5. The molecule has 0 aromatic heterocycles. The number of hydrogen-bond donors (Lipinski definition) is 5. The minimum Gasteiger partial charge on any atom is -0.370 e. The van der Waals surface area contributed by atoms with Crippen LogP contribution in [0, 0.1) is 17.2 Å². The summed E-state index contributed by atoms with van der Waals surface area (Å²) in [5.41, 5.74) is 5.24. The third-order valence-corrected chi connectivity index (χ3v) is 6.88. The predicted molar refractivity (Wildman–Crippen MR) is 114 cm³/mol. The maximum Gasteiger partial charge on any atom is 0.243 e. The quantitative estimate of drug-likeness (QED) is 0.163. The first-order chi connectivity index (χ1) is 14.5. The molecule has 5 atom stereocenters. The molecule has 9 nitrogen and oxygen atoms in total. The molecule has 3 fully saturated rings. The predicted octanol–water partition coefficient (Wildman–Crippen LogP) is 0.0927. The lowest BCUT2D eigenvalue weighted by Crippen LogP contribution is -2.59. The summed E-state index contributed by atoms with van der Waals surface area (Å²) in [6.07, 6.45) is 9.10. The second-order valence-electron chi connectivity index (χ2n) is 8.85. The first kappa shape index (κ1) is 22.5. The molecule has 2 heterocycles. The number of guanidine groups is 1. The molecule has 0 radical (unpaired) electrons. The second kappa shape index (κ2) is 10.7. The van der Waals surface area contributed by atoms with Gasteiger partial charge in [0.15, 0.2) is 5.96 Å². The number of nitrogens with one attached hydrogen (secondary N) is 4. The van der Waals surface area contributed by atoms with E-state index in [1.165, 1.54) is 19.3 Å². The van der Waals surface area contributed by atoms with Gasteiger partial charge in [-0.05, 0) is 56.9 Å². The molecule has 2 aliphatic heterocycles. The summed E-state index contributed by atoms with van der Waals surface area (Å²) in [5, 5.41) is 16.1. The highest BCUT2D eigenvalue weighted by Crippen LogP contribution is 2.37. The minimum atomic E-state index is -0.598. The van der Waals surface area contributed by atoms with Crippen molar-refractivity contribution < 1.29 is 14.4 Å². The largest absolute Gasteiger partial charge is 0.370 e. The van der Waals surface area contributed by atoms with Crippen LogP contribution in [-0.4, -0.2) is 66.7 Å². The Balaban J connectivity index is 1.56. The van der Waals surface area contributed by atoms with Crippen LogP contribution in [-0.2, 0) is 14.4 Å². The fourth-order valence-corrected chi connectivity index (χ4v) is 5.36. The number of piperidine rings is 1. The molecule has 0 spiro atoms. The van der Waals surface area contributed by atoms with Crippen molar-refractivity contribution in [2.24, 2.45) is 17.6 Å². The maximum absolute atomic E-state index is 13.4. The summed E-state index contributed by atoms with van der Waals surface area (Å²) in [4.78, 5) is 39.4. The highest BCUT2D eigenvalue weighted by atomic mass is 16.2. The van der Waals surface area contributed by atoms with Gasteiger partial charge < -0.3 is 31.4 Å². The zero-order chi connectivity index (χ0) is 21.5. The van der Waals surface area contributed by atoms with Crippen LogP contribution in [0.1, 0.15) is 57.8 Å². The lowest BCUT2D eigenvalue weighted by molar-refractivity contribution is -0.143. The van der Waals surface area contributed by atoms with Crippen molar-refractivity contribution in [3.8, 4) is 0 Å². The van der Waals surface area contributed by atoms with Crippen LogP contribution in [0.5, 0.6) is 0 Å². The van der Waals surface area contributed by atoms with Crippen LogP contribution in [0.25, 0.3) is 0 Å². The number of hydrogen-bond acceptors (Lipinski definition) is 5. The van der Waals surface area contributed by atoms with E-state index in [9.17, 15) is 14.4 Å². The second-order valence-corrected chi connectivity index (χ2v) is 8.85. The number of fused-ring (bicyclic) bond motifs is 1. The van der Waals surface area contributed by atoms with Crippen LogP contribution in [0.15, 0.2) is 0 Å². The molecular weight excluding hydrogens is 384 g/mol. The molecule has 30 heavy (non-hydrogen) atoms. The van der Waals surface area contributed by atoms with Crippen molar-refractivity contribution in [1.82, 2.24) is 20.9 Å². The first-order valence-corrected chi connectivity index (χ1v) is 11.4. The van der Waals surface area contributed by atoms with Gasteiger partial charge in [0.05, 0.1) is 12.1 Å². The average molecular weight is 421 g/mol. The summed E-state index contributed by atoms with van der Waals surface area (Å²) in [7, 11) is 0. The van der Waals surface area contributed by atoms with Gasteiger partial charge in [0.2, 0.25) is 11.8 Å². The molecule has 3 unspecified atom stereocenters. The molecule has 0 aromatic rings. The van der Waals surface area contributed by atoms with Crippen LogP contribution >= 0.6 is 0 Å². The SMILES string of the molecule is N=C(N)NCCC[C@@H](C=O)NC(=O)[C@@H]1CCCN1C(=O)C1NCCC2CCCCC21. The molecule has 2 amide bonds. The number of carbonyl (C=O) groups is 3. The van der Waals surface area contributed by atoms with Gasteiger partial charge in [-0.25, -0.2) is 0 Å². The molecule has 3 rings (SSSR count). The van der Waals surface area contributed by atoms with Gasteiger partial charge in [-0.2, -0.15) is 0 Å². The Hall–Kier alpha value is -2.16. The number of likely N-dealkylation sites (tertiary alicyclic amines) is 1. The van der Waals surface area contributed by atoms with Crippen LogP contribution in [0.2, 0.25) is 0 Å². The van der Waals surface area contributed by atoms with E-state index in [2.05, 4.69) is 16.0 Å². The van der Waals surface area contributed by atoms with E-state index in [1.54, 1.807) is 4.90 Å². The van der Waals surface area contributed by atoms with Gasteiger partial charge in [0.1, 0.15) is 12.3 Å². The van der Waals surface area contributed by atoms with Crippen molar-refractivity contribution in [3.05, 3.63) is 0 Å². The first-order valence-electron chi connectivity index (χ1n) is 11.4. The van der Waals surface area contributed by atoms with Crippen molar-refractivity contribution in [2.45, 2.75) is 75.9 Å². The monoisotopic (exact) mass is 420 g/mol. The molecular formula is C21H36N6O3. The number of nitrogens with two attached hydrogens (primary N) is 1. The van der Waals surface area contributed by atoms with Gasteiger partial charge in [0, 0.05) is 13.1 Å². The summed E-state index contributed by atoms with van der Waals surface area (Å²) in [6.45, 7) is 1.93. The number of carbonyl (C=O) groups excluding carboxylic acids is 3. The fraction of sp³-hybridized carbons (Fsp3) is 0.810. The lowest BCUT2D eigenvalue weighted by Gasteiger charge is -2.43. The average Bonchev–Trinajstić information content (AvgIpc) is 3.24. The van der Waals surface area contributed by atoms with E-state index < -0.39 is 12.1 Å². The Bertz CT molecular complexity index is 640. The number of rotatable bonds is 8. The molecule has 9 heteroatoms. The molecule has 0 bridgehead atoms. The van der Waals surface area contributed by atoms with E-state index in [-0.39, 0.29) is 23.8 Å². The van der Waals surface area contributed by atoms with Gasteiger partial charge >= 0.3 is 0 Å². The molecule has 168 valence electrons. The Kier molecular flexibility index (Phi) is 8.07. The van der Waals surface area contributed by atoms with Crippen LogP contribution in [0.4, 0.5) is 0 Å². The maximum atomic E-state index is 13.4. The summed E-state index contributed by atoms with van der Waals surface area (Å²) in [6, 6.07) is -1.28. The van der Waals surface area contributed by atoms with Gasteiger partial charge in [0.25, 0.3) is 0 Å². The standard InChI is InChI=1S/C21H36N6O3/c22-21(23)25-10-3-6-15(13-28)26-19(29)17-8-4-12-27(17)20(30)18-16-7-2-1-5-14(16)9-11-24-18/h13-18,24H,1-12H2,(H,26,29)(H4,22,23,25)/t14?,15-,16?,17-,18?/m0/s1. The third-order valence-electron chi connectivity index (χ3n) is 6.88. The summed E-state index contributed by atoms with van der Waals surface area (Å²) in [5.74, 6) is 0.692. The number of amides is 2. The van der Waals surface area contributed by atoms with Gasteiger partial charge in [-0.15, -0.1) is 0 Å². The summed E-state index contributed by atoms with van der Waals surface area (Å²) >= 11 is 0. The van der Waals surface area contributed by atoms with Crippen molar-refractivity contribution in [2.75, 3.05) is 19.6 Å². The zero-order valence-electron chi connectivity index (χ0n) is 17.7. The van der Waals surface area contributed by atoms with Crippen LogP contribution in [0.3, 0.4) is 0 Å². The highest BCUT2D eigenvalue weighted by molar-refractivity contribution is 5.91. The number of aldehydes is 1. The lowest BCUT2D eigenvalue weighted by atomic mass is 9.71. The van der Waals surface area contributed by atoms with E-state index in [1.807, 2.05) is 0 Å². The fourth-order valence-electron chi connectivity index (χ4n) is 5.36. The molecule has 2 saturated heterocycles. The van der Waals surface area contributed by atoms with Gasteiger partial charge in [-0.1, -0.05) is 19.3 Å². The molecule has 1 saturated carbocycles. The Morgan fingerprint density at radius 3 is 2.77 bits per heavy atom. The van der Waals surface area contributed by atoms with E-state index >= 15 is 0 Å². The van der Waals surface area contributed by atoms with Crippen molar-refractivity contribution >= 4 is 24.1 Å². The van der Waals surface area contributed by atoms with Gasteiger partial charge in [-0.3, -0.25) is 15.0 Å². The highest BCUT2D eigenvalue weighted by Gasteiger charge is 2.43. The van der Waals surface area contributed by atoms with Crippen molar-refractivity contribution in [1.29, 1.82) is 5.41 Å². The summed E-state index contributed by atoms with van der Waals surface area (Å²) < 4.78 is 0. The van der Waals surface area contributed by atoms with E-state index in [0.29, 0.717) is 44.2 Å². The topological polar surface area (TPSA) is 140 Å². The van der Waals surface area contributed by atoms with E-state index in [0.717, 1.165) is 32.1 Å². The molecule has 0 aromatic carbocycles. The Labute approximate surface area is 178 Å². The van der Waals surface area contributed by atoms with Crippen molar-refractivity contribution in [3.63, 3.8) is 0 Å². The zero-order valence-corrected chi connectivity index (χ0v) is 17.7. The Morgan fingerprint density at radius 1 is 1.20 bits per heavy atom. The minimum absolute atomic E-state index is 0.0533. The molecule has 3 aliphatic rings. The van der Waals surface area contributed by atoms with E-state index in [4.69, 9.17) is 11.1 Å². The third kappa shape index (κ3) is 5.50. The smallest absolute Gasteiger partial charge is 0.243 e. The molecule has 1 aliphatic carbocycles. The number of nitrogens with zero attached hydrogens (tertiary/aromatic N) is 1.